The number of hydrogen-bond acceptors (Lipinski definition) is 2. The summed E-state index contributed by atoms with van der Waals surface area (Å²) in [4.78, 5) is 12.8. The fourth-order valence-electron chi connectivity index (χ4n) is 3.36. The molecule has 1 heterocycles. The monoisotopic (exact) mass is 416 g/mol. The lowest BCUT2D eigenvalue weighted by Crippen LogP contribution is -2.15. The van der Waals surface area contributed by atoms with Crippen molar-refractivity contribution in [2.75, 3.05) is 5.32 Å². The minimum Gasteiger partial charge on any atom is -0.491 e. The summed E-state index contributed by atoms with van der Waals surface area (Å²) >= 11 is 0. The lowest BCUT2D eigenvalue weighted by atomic mass is 10.1. The first-order chi connectivity index (χ1) is 14.1. The fraction of sp³-hybridized carbons (Fsp3) is 0.261. The van der Waals surface area contributed by atoms with Gasteiger partial charge in [-0.25, -0.2) is 0 Å². The van der Waals surface area contributed by atoms with E-state index in [1.807, 2.05) is 13.8 Å². The Labute approximate surface area is 173 Å². The van der Waals surface area contributed by atoms with Crippen LogP contribution < -0.4 is 10.1 Å². The molecular formula is C23H23F3N2O2. The van der Waals surface area contributed by atoms with Gasteiger partial charge in [0.15, 0.2) is 0 Å². The molecule has 3 aromatic rings. The average Bonchev–Trinajstić information content (AvgIpc) is 2.96. The van der Waals surface area contributed by atoms with Crippen LogP contribution in [0.3, 0.4) is 0 Å². The molecule has 1 N–H and O–H groups in total. The first-order valence-corrected chi connectivity index (χ1v) is 9.51. The second-order valence-corrected chi connectivity index (χ2v) is 7.28. The molecule has 0 atom stereocenters. The third-order valence-electron chi connectivity index (χ3n) is 4.61. The number of rotatable bonds is 5. The molecule has 4 nitrogen and oxygen atoms in total. The molecule has 2 aromatic carbocycles. The Balaban J connectivity index is 1.90. The average molecular weight is 416 g/mol. The Morgan fingerprint density at radius 1 is 1.03 bits per heavy atom. The number of nitrogens with zero attached hydrogens (tertiary/aromatic N) is 1. The molecule has 0 bridgehead atoms. The predicted molar refractivity (Wildman–Crippen MR) is 110 cm³/mol. The molecule has 0 fully saturated rings. The molecule has 158 valence electrons. The predicted octanol–water partition coefficient (Wildman–Crippen LogP) is 6.15. The van der Waals surface area contributed by atoms with E-state index in [0.29, 0.717) is 28.4 Å². The van der Waals surface area contributed by atoms with Gasteiger partial charge in [-0.1, -0.05) is 12.1 Å². The van der Waals surface area contributed by atoms with Crippen LogP contribution in [0, 0.1) is 13.8 Å². The summed E-state index contributed by atoms with van der Waals surface area (Å²) in [6.07, 6.45) is -4.46. The first kappa shape index (κ1) is 21.5. The standard InChI is InChI=1S/C23H23F3N2O2/c1-14(2)30-18-11-9-17(10-12-18)27-22(29)19-13-15(3)28(16(19)4)21-8-6-5-7-20(21)23(24,25)26/h5-14H,1-4H3,(H,27,29). The summed E-state index contributed by atoms with van der Waals surface area (Å²) in [6.45, 7) is 7.15. The van der Waals surface area contributed by atoms with Gasteiger partial charge in [-0.15, -0.1) is 0 Å². The number of benzene rings is 2. The van der Waals surface area contributed by atoms with Gasteiger partial charge in [-0.2, -0.15) is 13.2 Å². The molecule has 0 saturated heterocycles. The quantitative estimate of drug-likeness (QED) is 0.542. The Hall–Kier alpha value is -3.22. The van der Waals surface area contributed by atoms with E-state index in [0.717, 1.165) is 6.07 Å². The molecule has 0 aliphatic heterocycles. The highest BCUT2D eigenvalue weighted by Crippen LogP contribution is 2.35. The number of aryl methyl sites for hydroxylation is 1. The maximum Gasteiger partial charge on any atom is 0.418 e. The molecule has 0 aliphatic rings. The Kier molecular flexibility index (Phi) is 5.92. The first-order valence-electron chi connectivity index (χ1n) is 9.51. The number of nitrogens with one attached hydrogen (secondary N) is 1. The van der Waals surface area contributed by atoms with Crippen molar-refractivity contribution in [3.8, 4) is 11.4 Å². The number of ether oxygens (including phenoxy) is 1. The number of halogens is 3. The number of para-hydroxylation sites is 1. The van der Waals surface area contributed by atoms with E-state index in [-0.39, 0.29) is 11.8 Å². The molecular weight excluding hydrogens is 393 g/mol. The fourth-order valence-corrected chi connectivity index (χ4v) is 3.36. The van der Waals surface area contributed by atoms with Crippen LogP contribution in [0.2, 0.25) is 0 Å². The van der Waals surface area contributed by atoms with Crippen LogP contribution >= 0.6 is 0 Å². The summed E-state index contributed by atoms with van der Waals surface area (Å²) in [5, 5.41) is 2.79. The van der Waals surface area contributed by atoms with E-state index in [1.54, 1.807) is 50.2 Å². The van der Waals surface area contributed by atoms with Gasteiger partial charge < -0.3 is 14.6 Å². The summed E-state index contributed by atoms with van der Waals surface area (Å²) < 4.78 is 47.4. The van der Waals surface area contributed by atoms with Crippen molar-refractivity contribution in [2.24, 2.45) is 0 Å². The minimum atomic E-state index is -4.50. The lowest BCUT2D eigenvalue weighted by Gasteiger charge is -2.17. The van der Waals surface area contributed by atoms with E-state index >= 15 is 0 Å². The highest BCUT2D eigenvalue weighted by Gasteiger charge is 2.34. The number of carbonyl (C=O) groups excluding carboxylic acids is 1. The summed E-state index contributed by atoms with van der Waals surface area (Å²) in [5.41, 5.74) is 1.09. The van der Waals surface area contributed by atoms with Crippen LogP contribution in [-0.4, -0.2) is 16.6 Å². The van der Waals surface area contributed by atoms with Crippen LogP contribution in [0.5, 0.6) is 5.75 Å². The van der Waals surface area contributed by atoms with E-state index in [1.165, 1.54) is 16.7 Å². The van der Waals surface area contributed by atoms with Crippen LogP contribution in [0.15, 0.2) is 54.6 Å². The van der Waals surface area contributed by atoms with Crippen molar-refractivity contribution < 1.29 is 22.7 Å². The van der Waals surface area contributed by atoms with Gasteiger partial charge in [0.25, 0.3) is 5.91 Å². The van der Waals surface area contributed by atoms with Crippen molar-refractivity contribution in [3.05, 3.63) is 77.1 Å². The van der Waals surface area contributed by atoms with Crippen LogP contribution in [-0.2, 0) is 6.18 Å². The normalized spacial score (nSPS) is 11.6. The van der Waals surface area contributed by atoms with Crippen molar-refractivity contribution in [1.29, 1.82) is 0 Å². The molecule has 0 unspecified atom stereocenters. The SMILES string of the molecule is Cc1cc(C(=O)Nc2ccc(OC(C)C)cc2)c(C)n1-c1ccccc1C(F)(F)F. The topological polar surface area (TPSA) is 43.3 Å². The summed E-state index contributed by atoms with van der Waals surface area (Å²) in [6, 6.07) is 13.9. The van der Waals surface area contributed by atoms with Gasteiger partial charge in [0.1, 0.15) is 5.75 Å². The van der Waals surface area contributed by atoms with E-state index < -0.39 is 17.6 Å². The molecule has 3 rings (SSSR count). The summed E-state index contributed by atoms with van der Waals surface area (Å²) in [5.74, 6) is 0.293. The number of alkyl halides is 3. The minimum absolute atomic E-state index is 0.00534. The van der Waals surface area contributed by atoms with Crippen molar-refractivity contribution in [3.63, 3.8) is 0 Å². The maximum atomic E-state index is 13.5. The molecule has 0 saturated carbocycles. The Bertz CT molecular complexity index is 1050. The summed E-state index contributed by atoms with van der Waals surface area (Å²) in [7, 11) is 0. The lowest BCUT2D eigenvalue weighted by molar-refractivity contribution is -0.137. The van der Waals surface area contributed by atoms with Crippen molar-refractivity contribution in [1.82, 2.24) is 4.57 Å². The van der Waals surface area contributed by atoms with Gasteiger partial charge in [-0.3, -0.25) is 4.79 Å². The van der Waals surface area contributed by atoms with Crippen LogP contribution in [0.1, 0.15) is 41.2 Å². The van der Waals surface area contributed by atoms with Crippen molar-refractivity contribution in [2.45, 2.75) is 40.0 Å². The third kappa shape index (κ3) is 4.50. The molecule has 30 heavy (non-hydrogen) atoms. The number of aromatic nitrogens is 1. The largest absolute Gasteiger partial charge is 0.491 e. The number of anilines is 1. The highest BCUT2D eigenvalue weighted by molar-refractivity contribution is 6.05. The zero-order valence-corrected chi connectivity index (χ0v) is 17.2. The Morgan fingerprint density at radius 2 is 1.67 bits per heavy atom. The molecule has 7 heteroatoms. The maximum absolute atomic E-state index is 13.5. The Morgan fingerprint density at radius 3 is 2.27 bits per heavy atom. The zero-order valence-electron chi connectivity index (χ0n) is 17.2. The third-order valence-corrected chi connectivity index (χ3v) is 4.61. The molecule has 0 aliphatic carbocycles. The van der Waals surface area contributed by atoms with Gasteiger partial charge in [-0.05, 0) is 70.2 Å². The van der Waals surface area contributed by atoms with Gasteiger partial charge >= 0.3 is 6.18 Å². The molecule has 0 spiro atoms. The van der Waals surface area contributed by atoms with Gasteiger partial charge in [0, 0.05) is 17.1 Å². The van der Waals surface area contributed by atoms with E-state index in [4.69, 9.17) is 4.74 Å². The van der Waals surface area contributed by atoms with Crippen LogP contribution in [0.4, 0.5) is 18.9 Å². The molecule has 0 radical (unpaired) electrons. The van der Waals surface area contributed by atoms with Gasteiger partial charge in [0.2, 0.25) is 0 Å². The number of carbonyl (C=O) groups is 1. The molecule has 1 amide bonds. The molecule has 1 aromatic heterocycles. The van der Waals surface area contributed by atoms with Crippen molar-refractivity contribution >= 4 is 11.6 Å². The number of hydrogen-bond donors (Lipinski definition) is 1. The second kappa shape index (κ2) is 8.26. The zero-order chi connectivity index (χ0) is 22.1. The van der Waals surface area contributed by atoms with E-state index in [9.17, 15) is 18.0 Å². The second-order valence-electron chi connectivity index (χ2n) is 7.28. The smallest absolute Gasteiger partial charge is 0.418 e. The van der Waals surface area contributed by atoms with Crippen LogP contribution in [0.25, 0.3) is 5.69 Å². The van der Waals surface area contributed by atoms with E-state index in [2.05, 4.69) is 5.32 Å². The highest BCUT2D eigenvalue weighted by atomic mass is 19.4. The number of amides is 1. The van der Waals surface area contributed by atoms with Gasteiger partial charge in [0.05, 0.1) is 22.9 Å².